The fourth-order valence-corrected chi connectivity index (χ4v) is 1.89. The van der Waals surface area contributed by atoms with Gasteiger partial charge in [-0.05, 0) is 24.3 Å². The van der Waals surface area contributed by atoms with Gasteiger partial charge in [-0.25, -0.2) is 0 Å². The molecular weight excluding hydrogens is 219 g/mol. The van der Waals surface area contributed by atoms with Gasteiger partial charge in [-0.3, -0.25) is 0 Å². The summed E-state index contributed by atoms with van der Waals surface area (Å²) >= 11 is 0. The molecule has 0 aromatic heterocycles. The quantitative estimate of drug-likeness (QED) is 0.515. The summed E-state index contributed by atoms with van der Waals surface area (Å²) in [5, 5.41) is 10.9. The molecular formula is C15H23NaO. The van der Waals surface area contributed by atoms with Crippen molar-refractivity contribution < 1.29 is 34.7 Å². The number of hydrogen-bond acceptors (Lipinski definition) is 1. The number of benzene rings is 1. The van der Waals surface area contributed by atoms with Crippen molar-refractivity contribution in [1.29, 1.82) is 0 Å². The van der Waals surface area contributed by atoms with Gasteiger partial charge in [0, 0.05) is 0 Å². The maximum atomic E-state index is 10.9. The molecule has 1 rings (SSSR count). The molecule has 2 heteroatoms. The third-order valence-electron chi connectivity index (χ3n) is 2.92. The summed E-state index contributed by atoms with van der Waals surface area (Å²) in [7, 11) is 0. The van der Waals surface area contributed by atoms with Crippen LogP contribution in [0, 0.1) is 5.92 Å². The van der Waals surface area contributed by atoms with Gasteiger partial charge in [0.2, 0.25) is 0 Å². The summed E-state index contributed by atoms with van der Waals surface area (Å²) in [5.41, 5.74) is 1.29. The van der Waals surface area contributed by atoms with Crippen molar-refractivity contribution in [2.75, 3.05) is 0 Å². The van der Waals surface area contributed by atoms with E-state index in [1.165, 1.54) is 37.7 Å². The second-order valence-electron chi connectivity index (χ2n) is 4.99. The van der Waals surface area contributed by atoms with Gasteiger partial charge < -0.3 is 5.11 Å². The van der Waals surface area contributed by atoms with Crippen LogP contribution < -0.4 is 34.7 Å². The van der Waals surface area contributed by atoms with Crippen LogP contribution in [0.2, 0.25) is 0 Å². The summed E-state index contributed by atoms with van der Waals surface area (Å²) in [6, 6.07) is 7.23. The van der Waals surface area contributed by atoms with Gasteiger partial charge >= 0.3 is 29.6 Å². The van der Waals surface area contributed by atoms with E-state index >= 15 is 0 Å². The molecule has 0 aliphatic rings. The van der Waals surface area contributed by atoms with Crippen LogP contribution in [0.15, 0.2) is 24.3 Å². The Morgan fingerprint density at radius 2 is 1.53 bits per heavy atom. The molecule has 90 valence electrons. The zero-order chi connectivity index (χ0) is 11.8. The van der Waals surface area contributed by atoms with Crippen molar-refractivity contribution in [1.82, 2.24) is 0 Å². The van der Waals surface area contributed by atoms with Gasteiger partial charge in [-0.15, -0.1) is 5.75 Å². The first-order chi connectivity index (χ1) is 7.68. The summed E-state index contributed by atoms with van der Waals surface area (Å²) in [6.45, 7) is 4.56. The molecule has 1 aromatic carbocycles. The van der Waals surface area contributed by atoms with Crippen LogP contribution in [-0.4, -0.2) is 0 Å². The standard InChI is InChI=1S/C15H24O.Na/c1-13(2)7-5-3-4-6-8-14-9-11-15(16)12-10-14;/h9-13,16H,3-8H2,1-2H3;/q;+1/p-1. The predicted molar refractivity (Wildman–Crippen MR) is 67.5 cm³/mol. The largest absolute Gasteiger partial charge is 1.00 e. The van der Waals surface area contributed by atoms with Crippen LogP contribution in [0.5, 0.6) is 5.75 Å². The molecule has 0 fully saturated rings. The van der Waals surface area contributed by atoms with Crippen molar-refractivity contribution in [3.05, 3.63) is 29.8 Å². The van der Waals surface area contributed by atoms with E-state index in [1.807, 2.05) is 12.1 Å². The molecule has 0 atom stereocenters. The minimum absolute atomic E-state index is 0. The molecule has 0 aliphatic carbocycles. The molecule has 0 saturated carbocycles. The summed E-state index contributed by atoms with van der Waals surface area (Å²) in [4.78, 5) is 0. The molecule has 0 N–H and O–H groups in total. The van der Waals surface area contributed by atoms with Gasteiger partial charge in [0.25, 0.3) is 0 Å². The first-order valence-corrected chi connectivity index (χ1v) is 6.44. The molecule has 0 radical (unpaired) electrons. The van der Waals surface area contributed by atoms with Crippen molar-refractivity contribution in [3.63, 3.8) is 0 Å². The smallest absolute Gasteiger partial charge is 0.872 e. The Kier molecular flexibility index (Phi) is 10.0. The molecule has 17 heavy (non-hydrogen) atoms. The van der Waals surface area contributed by atoms with Crippen LogP contribution in [0.25, 0.3) is 0 Å². The van der Waals surface area contributed by atoms with Crippen molar-refractivity contribution >= 4 is 0 Å². The molecule has 0 bridgehead atoms. The van der Waals surface area contributed by atoms with Crippen molar-refractivity contribution in [2.45, 2.75) is 52.4 Å². The molecule has 1 aromatic rings. The summed E-state index contributed by atoms with van der Waals surface area (Å²) < 4.78 is 0. The van der Waals surface area contributed by atoms with Crippen molar-refractivity contribution in [2.24, 2.45) is 5.92 Å². The average molecular weight is 242 g/mol. The Bertz CT molecular complexity index is 279. The Morgan fingerprint density at radius 3 is 2.12 bits per heavy atom. The topological polar surface area (TPSA) is 23.1 Å². The van der Waals surface area contributed by atoms with E-state index in [2.05, 4.69) is 13.8 Å². The van der Waals surface area contributed by atoms with E-state index in [1.54, 1.807) is 12.1 Å². The minimum atomic E-state index is 0. The van der Waals surface area contributed by atoms with Crippen LogP contribution in [0.1, 0.15) is 51.5 Å². The Labute approximate surface area is 128 Å². The fraction of sp³-hybridized carbons (Fsp3) is 0.600. The number of aryl methyl sites for hydroxylation is 1. The zero-order valence-electron chi connectivity index (χ0n) is 11.5. The summed E-state index contributed by atoms with van der Waals surface area (Å²) in [5.74, 6) is 0.949. The van der Waals surface area contributed by atoms with E-state index < -0.39 is 0 Å². The summed E-state index contributed by atoms with van der Waals surface area (Å²) in [6.07, 6.45) is 7.73. The number of unbranched alkanes of at least 4 members (excludes halogenated alkanes) is 3. The minimum Gasteiger partial charge on any atom is -0.872 e. The third kappa shape index (κ3) is 8.70. The molecule has 0 unspecified atom stereocenters. The van der Waals surface area contributed by atoms with Crippen molar-refractivity contribution in [3.8, 4) is 5.75 Å². The maximum absolute atomic E-state index is 10.9. The first-order valence-electron chi connectivity index (χ1n) is 6.44. The van der Waals surface area contributed by atoms with Gasteiger partial charge in [0.15, 0.2) is 0 Å². The first kappa shape index (κ1) is 17.0. The average Bonchev–Trinajstić information content (AvgIpc) is 2.25. The normalized spacial score (nSPS) is 10.3. The van der Waals surface area contributed by atoms with Gasteiger partial charge in [-0.2, -0.15) is 0 Å². The van der Waals surface area contributed by atoms with Crippen LogP contribution in [0.3, 0.4) is 0 Å². The van der Waals surface area contributed by atoms with Gasteiger partial charge in [0.05, 0.1) is 0 Å². The zero-order valence-corrected chi connectivity index (χ0v) is 13.5. The second kappa shape index (κ2) is 9.99. The monoisotopic (exact) mass is 242 g/mol. The Hall–Kier alpha value is 0.0200. The van der Waals surface area contributed by atoms with Crippen LogP contribution in [-0.2, 0) is 6.42 Å². The predicted octanol–water partition coefficient (Wildman–Crippen LogP) is 0.913. The molecule has 0 amide bonds. The van der Waals surface area contributed by atoms with E-state index in [-0.39, 0.29) is 35.3 Å². The molecule has 0 heterocycles. The van der Waals surface area contributed by atoms with E-state index in [4.69, 9.17) is 0 Å². The Morgan fingerprint density at radius 1 is 0.941 bits per heavy atom. The van der Waals surface area contributed by atoms with Gasteiger partial charge in [0.1, 0.15) is 0 Å². The number of rotatable bonds is 7. The van der Waals surface area contributed by atoms with E-state index in [0.717, 1.165) is 12.3 Å². The Balaban J connectivity index is 0.00000256. The third-order valence-corrected chi connectivity index (χ3v) is 2.92. The molecule has 0 spiro atoms. The van der Waals surface area contributed by atoms with E-state index in [9.17, 15) is 5.11 Å². The van der Waals surface area contributed by atoms with Gasteiger partial charge in [-0.1, -0.05) is 63.8 Å². The van der Waals surface area contributed by atoms with E-state index in [0.29, 0.717) is 0 Å². The molecule has 0 aliphatic heterocycles. The second-order valence-corrected chi connectivity index (χ2v) is 4.99. The molecule has 0 saturated heterocycles. The molecule has 1 nitrogen and oxygen atoms in total. The van der Waals surface area contributed by atoms with Crippen LogP contribution >= 0.6 is 0 Å². The fourth-order valence-electron chi connectivity index (χ4n) is 1.89. The van der Waals surface area contributed by atoms with Crippen LogP contribution in [0.4, 0.5) is 0 Å². The maximum Gasteiger partial charge on any atom is 1.00 e. The SMILES string of the molecule is CC(C)CCCCCCc1ccc([O-])cc1.[Na+]. The number of hydrogen-bond donors (Lipinski definition) is 0.